The van der Waals surface area contributed by atoms with Gasteiger partial charge in [0.2, 0.25) is 5.91 Å². The van der Waals surface area contributed by atoms with Crippen LogP contribution in [-0.4, -0.2) is 72.3 Å². The number of aliphatic hydroxyl groups is 1. The Balaban J connectivity index is 1.68. The van der Waals surface area contributed by atoms with Crippen LogP contribution < -0.4 is 10.6 Å². The number of rotatable bonds is 8. The van der Waals surface area contributed by atoms with E-state index >= 15 is 0 Å². The molecule has 0 radical (unpaired) electrons. The monoisotopic (exact) mass is 315 g/mol. The van der Waals surface area contributed by atoms with Crippen molar-refractivity contribution in [1.29, 1.82) is 0 Å². The molecule has 1 amide bonds. The van der Waals surface area contributed by atoms with E-state index in [0.717, 1.165) is 56.9 Å². The third-order valence-corrected chi connectivity index (χ3v) is 5.44. The van der Waals surface area contributed by atoms with Gasteiger partial charge in [0.05, 0.1) is 6.04 Å². The highest BCUT2D eigenvalue weighted by Gasteiger charge is 2.35. The quantitative estimate of drug-likeness (QED) is 0.567. The van der Waals surface area contributed by atoms with Crippen LogP contribution in [0.15, 0.2) is 0 Å². The number of aliphatic hydroxyl groups excluding tert-OH is 1. The van der Waals surface area contributed by atoms with Crippen molar-refractivity contribution < 1.29 is 9.90 Å². The highest BCUT2D eigenvalue weighted by molar-refractivity contribution is 7.99. The van der Waals surface area contributed by atoms with E-state index in [0.29, 0.717) is 6.04 Å². The van der Waals surface area contributed by atoms with Gasteiger partial charge in [0, 0.05) is 24.9 Å². The summed E-state index contributed by atoms with van der Waals surface area (Å²) < 4.78 is 0. The van der Waals surface area contributed by atoms with Gasteiger partial charge in [0.15, 0.2) is 0 Å². The van der Waals surface area contributed by atoms with E-state index in [1.807, 2.05) is 0 Å². The van der Waals surface area contributed by atoms with E-state index in [-0.39, 0.29) is 18.6 Å². The summed E-state index contributed by atoms with van der Waals surface area (Å²) in [6, 6.07) is 0.680. The van der Waals surface area contributed by atoms with Crippen LogP contribution in [0.1, 0.15) is 32.1 Å². The minimum atomic E-state index is 0.0931. The van der Waals surface area contributed by atoms with Crippen molar-refractivity contribution in [1.82, 2.24) is 15.5 Å². The summed E-state index contributed by atoms with van der Waals surface area (Å²) in [5.74, 6) is 2.12. The summed E-state index contributed by atoms with van der Waals surface area (Å²) in [6.45, 7) is 4.24. The fourth-order valence-electron chi connectivity index (χ4n) is 3.28. The Labute approximate surface area is 132 Å². The first-order valence-corrected chi connectivity index (χ1v) is 9.41. The van der Waals surface area contributed by atoms with Crippen LogP contribution in [-0.2, 0) is 4.79 Å². The molecule has 21 heavy (non-hydrogen) atoms. The van der Waals surface area contributed by atoms with Crippen LogP contribution in [0.3, 0.4) is 0 Å². The lowest BCUT2D eigenvalue weighted by Crippen LogP contribution is -2.51. The van der Waals surface area contributed by atoms with Crippen molar-refractivity contribution in [3.8, 4) is 0 Å². The number of nitrogens with one attached hydrogen (secondary N) is 2. The van der Waals surface area contributed by atoms with E-state index in [9.17, 15) is 4.79 Å². The second kappa shape index (κ2) is 9.66. The Morgan fingerprint density at radius 2 is 2.10 bits per heavy atom. The highest BCUT2D eigenvalue weighted by atomic mass is 32.2. The summed E-state index contributed by atoms with van der Waals surface area (Å²) in [5, 5.41) is 15.2. The molecule has 122 valence electrons. The van der Waals surface area contributed by atoms with Crippen molar-refractivity contribution in [3.05, 3.63) is 0 Å². The minimum Gasteiger partial charge on any atom is -0.396 e. The first-order chi connectivity index (χ1) is 10.3. The van der Waals surface area contributed by atoms with Crippen LogP contribution in [0.4, 0.5) is 0 Å². The molecule has 0 bridgehead atoms. The largest absolute Gasteiger partial charge is 0.396 e. The number of nitrogens with zero attached hydrogens (tertiary/aromatic N) is 1. The standard InChI is InChI=1S/C15H29N3O2S/c19-10-2-11-21-12-8-17-15(20)14-3-1-9-18(14)13-4-6-16-7-5-13/h13-14,16,19H,1-12H2,(H,17,20). The summed E-state index contributed by atoms with van der Waals surface area (Å²) >= 11 is 1.79. The first-order valence-electron chi connectivity index (χ1n) is 8.25. The van der Waals surface area contributed by atoms with Gasteiger partial charge in [-0.2, -0.15) is 11.8 Å². The average Bonchev–Trinajstić information content (AvgIpc) is 3.01. The Kier molecular flexibility index (Phi) is 7.85. The summed E-state index contributed by atoms with van der Waals surface area (Å²) in [6.07, 6.45) is 5.33. The highest BCUT2D eigenvalue weighted by Crippen LogP contribution is 2.24. The molecule has 3 N–H and O–H groups in total. The molecular formula is C15H29N3O2S. The third-order valence-electron chi connectivity index (χ3n) is 4.37. The van der Waals surface area contributed by atoms with Crippen molar-refractivity contribution in [3.63, 3.8) is 0 Å². The van der Waals surface area contributed by atoms with Gasteiger partial charge in [-0.1, -0.05) is 0 Å². The fraction of sp³-hybridized carbons (Fsp3) is 0.933. The normalized spacial score (nSPS) is 24.3. The van der Waals surface area contributed by atoms with Crippen LogP contribution in [0.5, 0.6) is 0 Å². The maximum absolute atomic E-state index is 12.4. The van der Waals surface area contributed by atoms with Crippen LogP contribution >= 0.6 is 11.8 Å². The van der Waals surface area contributed by atoms with E-state index in [1.165, 1.54) is 12.8 Å². The van der Waals surface area contributed by atoms with Crippen LogP contribution in [0, 0.1) is 0 Å². The number of thioether (sulfide) groups is 1. The molecule has 0 saturated carbocycles. The number of hydrogen-bond acceptors (Lipinski definition) is 5. The second-order valence-corrected chi connectivity index (χ2v) is 7.08. The van der Waals surface area contributed by atoms with E-state index in [1.54, 1.807) is 11.8 Å². The summed E-state index contributed by atoms with van der Waals surface area (Å²) in [4.78, 5) is 14.8. The van der Waals surface area contributed by atoms with E-state index in [2.05, 4.69) is 15.5 Å². The molecule has 1 unspecified atom stereocenters. The average molecular weight is 315 g/mol. The maximum atomic E-state index is 12.4. The molecule has 2 saturated heterocycles. The van der Waals surface area contributed by atoms with Gasteiger partial charge in [0.25, 0.3) is 0 Å². The maximum Gasteiger partial charge on any atom is 0.237 e. The number of amides is 1. The summed E-state index contributed by atoms with van der Waals surface area (Å²) in [5.41, 5.74) is 0. The molecule has 5 nitrogen and oxygen atoms in total. The zero-order valence-corrected chi connectivity index (χ0v) is 13.7. The minimum absolute atomic E-state index is 0.0931. The van der Waals surface area contributed by atoms with Crippen molar-refractivity contribution in [2.45, 2.75) is 44.2 Å². The molecule has 0 aromatic rings. The van der Waals surface area contributed by atoms with Gasteiger partial charge in [-0.15, -0.1) is 0 Å². The Hall–Kier alpha value is -0.300. The van der Waals surface area contributed by atoms with Crippen LogP contribution in [0.25, 0.3) is 0 Å². The van der Waals surface area contributed by atoms with E-state index in [4.69, 9.17) is 5.11 Å². The number of carbonyl (C=O) groups excluding carboxylic acids is 1. The van der Waals surface area contributed by atoms with Gasteiger partial charge in [0.1, 0.15) is 0 Å². The molecule has 2 heterocycles. The molecule has 2 aliphatic rings. The number of piperidine rings is 1. The second-order valence-electron chi connectivity index (χ2n) is 5.86. The van der Waals surface area contributed by atoms with E-state index < -0.39 is 0 Å². The Bertz CT molecular complexity index is 311. The molecular weight excluding hydrogens is 286 g/mol. The number of carbonyl (C=O) groups is 1. The molecule has 0 aromatic heterocycles. The van der Waals surface area contributed by atoms with Crippen molar-refractivity contribution in [2.75, 3.05) is 44.3 Å². The molecule has 2 fully saturated rings. The topological polar surface area (TPSA) is 64.6 Å². The Morgan fingerprint density at radius 3 is 2.86 bits per heavy atom. The van der Waals surface area contributed by atoms with Crippen molar-refractivity contribution in [2.24, 2.45) is 0 Å². The molecule has 0 aliphatic carbocycles. The molecule has 1 atom stereocenters. The Morgan fingerprint density at radius 1 is 1.29 bits per heavy atom. The lowest BCUT2D eigenvalue weighted by molar-refractivity contribution is -0.126. The fourth-order valence-corrected chi connectivity index (χ4v) is 4.06. The number of hydrogen-bond donors (Lipinski definition) is 3. The molecule has 0 spiro atoms. The lowest BCUT2D eigenvalue weighted by atomic mass is 10.0. The molecule has 2 aliphatic heterocycles. The number of likely N-dealkylation sites (tertiary alicyclic amines) is 1. The predicted molar refractivity (Wildman–Crippen MR) is 87.7 cm³/mol. The third kappa shape index (κ3) is 5.43. The molecule has 0 aromatic carbocycles. The zero-order chi connectivity index (χ0) is 14.9. The van der Waals surface area contributed by atoms with Gasteiger partial charge in [-0.3, -0.25) is 9.69 Å². The molecule has 6 heteroatoms. The predicted octanol–water partition coefficient (Wildman–Crippen LogP) is 0.435. The van der Waals surface area contributed by atoms with Gasteiger partial charge in [-0.25, -0.2) is 0 Å². The molecule has 2 rings (SSSR count). The SMILES string of the molecule is O=C(NCCSCCCO)C1CCCN1C1CCNCC1. The zero-order valence-electron chi connectivity index (χ0n) is 12.9. The smallest absolute Gasteiger partial charge is 0.237 e. The lowest BCUT2D eigenvalue weighted by Gasteiger charge is -2.35. The summed E-state index contributed by atoms with van der Waals surface area (Å²) in [7, 11) is 0. The van der Waals surface area contributed by atoms with Gasteiger partial charge in [-0.05, 0) is 57.5 Å². The van der Waals surface area contributed by atoms with Gasteiger partial charge >= 0.3 is 0 Å². The first kappa shape index (κ1) is 17.1. The van der Waals surface area contributed by atoms with Crippen molar-refractivity contribution >= 4 is 17.7 Å². The van der Waals surface area contributed by atoms with Crippen LogP contribution in [0.2, 0.25) is 0 Å². The van der Waals surface area contributed by atoms with Gasteiger partial charge < -0.3 is 15.7 Å².